The summed E-state index contributed by atoms with van der Waals surface area (Å²) >= 11 is 5.58. The zero-order chi connectivity index (χ0) is 16.2. The summed E-state index contributed by atoms with van der Waals surface area (Å²) in [6, 6.07) is 3.34. The maximum Gasteiger partial charge on any atom is 0.418 e. The van der Waals surface area contributed by atoms with Gasteiger partial charge in [0, 0.05) is 16.8 Å². The number of benzene rings is 1. The van der Waals surface area contributed by atoms with Crippen molar-refractivity contribution in [2.75, 3.05) is 11.9 Å². The summed E-state index contributed by atoms with van der Waals surface area (Å²) in [5.74, 6) is -0.116. The number of hydrogen-bond donors (Lipinski definition) is 2. The average molecular weight is 323 g/mol. The molecule has 0 spiro atoms. The molecule has 0 bridgehead atoms. The fraction of sp³-hybridized carbons (Fsp3) is 0.500. The second kappa shape index (κ2) is 7.02. The molecule has 1 aromatic rings. The van der Waals surface area contributed by atoms with Gasteiger partial charge in [-0.05, 0) is 31.0 Å². The van der Waals surface area contributed by atoms with E-state index in [2.05, 4.69) is 10.6 Å². The van der Waals surface area contributed by atoms with Crippen LogP contribution >= 0.6 is 11.6 Å². The first-order valence-corrected chi connectivity index (χ1v) is 6.89. The van der Waals surface area contributed by atoms with Crippen LogP contribution in [0.5, 0.6) is 0 Å². The second-order valence-corrected chi connectivity index (χ2v) is 5.58. The third-order valence-corrected chi connectivity index (χ3v) is 3.35. The van der Waals surface area contributed by atoms with Crippen LogP contribution in [-0.2, 0) is 11.0 Å². The van der Waals surface area contributed by atoms with E-state index < -0.39 is 11.7 Å². The van der Waals surface area contributed by atoms with Gasteiger partial charge in [-0.1, -0.05) is 25.4 Å². The maximum absolute atomic E-state index is 12.9. The number of halogens is 4. The highest BCUT2D eigenvalue weighted by Crippen LogP contribution is 2.36. The third kappa shape index (κ3) is 5.46. The van der Waals surface area contributed by atoms with E-state index in [-0.39, 0.29) is 35.1 Å². The molecule has 1 aromatic carbocycles. The first kappa shape index (κ1) is 17.6. The van der Waals surface area contributed by atoms with Gasteiger partial charge in [-0.3, -0.25) is 4.79 Å². The summed E-state index contributed by atoms with van der Waals surface area (Å²) in [7, 11) is 0. The van der Waals surface area contributed by atoms with Crippen molar-refractivity contribution < 1.29 is 18.0 Å². The number of rotatable bonds is 5. The van der Waals surface area contributed by atoms with Gasteiger partial charge in [-0.2, -0.15) is 13.2 Å². The largest absolute Gasteiger partial charge is 0.418 e. The molecule has 21 heavy (non-hydrogen) atoms. The van der Waals surface area contributed by atoms with E-state index in [9.17, 15) is 18.0 Å². The van der Waals surface area contributed by atoms with Crippen LogP contribution < -0.4 is 10.6 Å². The maximum atomic E-state index is 12.9. The molecule has 0 saturated carbocycles. The van der Waals surface area contributed by atoms with Crippen molar-refractivity contribution in [3.05, 3.63) is 28.8 Å². The van der Waals surface area contributed by atoms with Crippen molar-refractivity contribution in [2.45, 2.75) is 33.0 Å². The quantitative estimate of drug-likeness (QED) is 0.862. The SMILES string of the molecule is CC(C)C(C)NC(=O)CNc1ccc(Cl)cc1C(F)(F)F. The summed E-state index contributed by atoms with van der Waals surface area (Å²) in [6.45, 7) is 5.49. The molecule has 0 radical (unpaired) electrons. The Balaban J connectivity index is 2.74. The van der Waals surface area contributed by atoms with Gasteiger partial charge >= 0.3 is 6.18 Å². The molecule has 3 nitrogen and oxygen atoms in total. The van der Waals surface area contributed by atoms with Crippen LogP contribution in [-0.4, -0.2) is 18.5 Å². The third-order valence-electron chi connectivity index (χ3n) is 3.12. The van der Waals surface area contributed by atoms with Gasteiger partial charge in [0.05, 0.1) is 12.1 Å². The Morgan fingerprint density at radius 3 is 2.43 bits per heavy atom. The van der Waals surface area contributed by atoms with Crippen molar-refractivity contribution in [1.29, 1.82) is 0 Å². The highest BCUT2D eigenvalue weighted by atomic mass is 35.5. The number of carbonyl (C=O) groups is 1. The van der Waals surface area contributed by atoms with E-state index in [4.69, 9.17) is 11.6 Å². The normalized spacial score (nSPS) is 13.1. The second-order valence-electron chi connectivity index (χ2n) is 5.14. The monoisotopic (exact) mass is 322 g/mol. The minimum absolute atomic E-state index is 0.00856. The number of alkyl halides is 3. The van der Waals surface area contributed by atoms with E-state index in [0.29, 0.717) is 0 Å². The number of anilines is 1. The Kier molecular flexibility index (Phi) is 5.89. The van der Waals surface area contributed by atoms with Gasteiger partial charge in [0.25, 0.3) is 0 Å². The van der Waals surface area contributed by atoms with Gasteiger partial charge in [-0.15, -0.1) is 0 Å². The van der Waals surface area contributed by atoms with Gasteiger partial charge in [-0.25, -0.2) is 0 Å². The van der Waals surface area contributed by atoms with Crippen molar-refractivity contribution in [2.24, 2.45) is 5.92 Å². The minimum atomic E-state index is -4.53. The zero-order valence-corrected chi connectivity index (χ0v) is 12.8. The van der Waals surface area contributed by atoms with Crippen LogP contribution in [0, 0.1) is 5.92 Å². The van der Waals surface area contributed by atoms with Crippen LogP contribution in [0.15, 0.2) is 18.2 Å². The molecule has 1 amide bonds. The molecule has 0 aromatic heterocycles. The molecule has 0 heterocycles. The summed E-state index contributed by atoms with van der Waals surface area (Å²) in [5, 5.41) is 5.20. The topological polar surface area (TPSA) is 41.1 Å². The van der Waals surface area contributed by atoms with Crippen molar-refractivity contribution in [3.8, 4) is 0 Å². The molecular weight excluding hydrogens is 305 g/mol. The molecule has 1 atom stereocenters. The highest BCUT2D eigenvalue weighted by molar-refractivity contribution is 6.30. The Labute approximate surface area is 126 Å². The van der Waals surface area contributed by atoms with E-state index in [1.165, 1.54) is 12.1 Å². The molecule has 1 rings (SSSR count). The van der Waals surface area contributed by atoms with Crippen LogP contribution in [0.1, 0.15) is 26.3 Å². The Morgan fingerprint density at radius 1 is 1.29 bits per heavy atom. The van der Waals surface area contributed by atoms with Crippen molar-refractivity contribution in [1.82, 2.24) is 5.32 Å². The summed E-state index contributed by atoms with van der Waals surface area (Å²) in [5.41, 5.74) is -1.06. The Bertz CT molecular complexity index is 503. The van der Waals surface area contributed by atoms with Crippen LogP contribution in [0.4, 0.5) is 18.9 Å². The smallest absolute Gasteiger partial charge is 0.376 e. The Hall–Kier alpha value is -1.43. The first-order valence-electron chi connectivity index (χ1n) is 6.51. The molecule has 0 saturated heterocycles. The van der Waals surface area contributed by atoms with Gasteiger partial charge < -0.3 is 10.6 Å². The Morgan fingerprint density at radius 2 is 1.90 bits per heavy atom. The lowest BCUT2D eigenvalue weighted by molar-refractivity contribution is -0.137. The van der Waals surface area contributed by atoms with Gasteiger partial charge in [0.1, 0.15) is 0 Å². The standard InChI is InChI=1S/C14H18ClF3N2O/c1-8(2)9(3)20-13(21)7-19-12-5-4-10(15)6-11(12)14(16,17)18/h4-6,8-9,19H,7H2,1-3H3,(H,20,21). The first-order chi connectivity index (χ1) is 9.61. The number of nitrogens with one attached hydrogen (secondary N) is 2. The average Bonchev–Trinajstić information content (AvgIpc) is 2.35. The predicted octanol–water partition coefficient (Wildman–Crippen LogP) is 3.93. The van der Waals surface area contributed by atoms with Crippen LogP contribution in [0.2, 0.25) is 5.02 Å². The molecule has 0 aliphatic carbocycles. The summed E-state index contributed by atoms with van der Waals surface area (Å²) in [4.78, 5) is 11.7. The van der Waals surface area contributed by atoms with E-state index >= 15 is 0 Å². The highest BCUT2D eigenvalue weighted by Gasteiger charge is 2.33. The molecule has 7 heteroatoms. The zero-order valence-electron chi connectivity index (χ0n) is 12.0. The summed E-state index contributed by atoms with van der Waals surface area (Å²) in [6.07, 6.45) is -4.53. The number of carbonyl (C=O) groups excluding carboxylic acids is 1. The fourth-order valence-corrected chi connectivity index (χ4v) is 1.72. The predicted molar refractivity (Wildman–Crippen MR) is 77.4 cm³/mol. The van der Waals surface area contributed by atoms with Crippen LogP contribution in [0.3, 0.4) is 0 Å². The molecule has 2 N–H and O–H groups in total. The molecule has 0 fully saturated rings. The molecule has 1 unspecified atom stereocenters. The van der Waals surface area contributed by atoms with Gasteiger partial charge in [0.15, 0.2) is 0 Å². The van der Waals surface area contributed by atoms with E-state index in [1.54, 1.807) is 0 Å². The van der Waals surface area contributed by atoms with E-state index in [0.717, 1.165) is 6.07 Å². The lowest BCUT2D eigenvalue weighted by atomic mass is 10.1. The fourth-order valence-electron chi connectivity index (χ4n) is 1.55. The van der Waals surface area contributed by atoms with Crippen LogP contribution in [0.25, 0.3) is 0 Å². The molecule has 0 aliphatic heterocycles. The minimum Gasteiger partial charge on any atom is -0.376 e. The molecular formula is C14H18ClF3N2O. The summed E-state index contributed by atoms with van der Waals surface area (Å²) < 4.78 is 38.6. The lowest BCUT2D eigenvalue weighted by Gasteiger charge is -2.19. The number of hydrogen-bond acceptors (Lipinski definition) is 2. The van der Waals surface area contributed by atoms with Crippen molar-refractivity contribution >= 4 is 23.2 Å². The lowest BCUT2D eigenvalue weighted by Crippen LogP contribution is -2.39. The van der Waals surface area contributed by atoms with E-state index in [1.807, 2.05) is 20.8 Å². The van der Waals surface area contributed by atoms with Crippen molar-refractivity contribution in [3.63, 3.8) is 0 Å². The van der Waals surface area contributed by atoms with Gasteiger partial charge in [0.2, 0.25) is 5.91 Å². The molecule has 118 valence electrons. The molecule has 0 aliphatic rings. The number of amides is 1.